The molecule has 5 rings (SSSR count). The van der Waals surface area contributed by atoms with E-state index >= 15 is 0 Å². The van der Waals surface area contributed by atoms with E-state index < -0.39 is 17.5 Å². The van der Waals surface area contributed by atoms with E-state index in [0.29, 0.717) is 25.1 Å². The molecule has 53 heavy (non-hydrogen) atoms. The summed E-state index contributed by atoms with van der Waals surface area (Å²) >= 11 is 0. The van der Waals surface area contributed by atoms with E-state index in [1.165, 1.54) is 25.3 Å². The number of aromatic hydroxyl groups is 1. The molecule has 0 aliphatic heterocycles. The average Bonchev–Trinajstić information content (AvgIpc) is 3.19. The maximum atomic E-state index is 12.9. The van der Waals surface area contributed by atoms with Gasteiger partial charge in [-0.25, -0.2) is 4.79 Å². The van der Waals surface area contributed by atoms with Gasteiger partial charge in [-0.3, -0.25) is 4.79 Å². The molecule has 0 fully saturated rings. The van der Waals surface area contributed by atoms with Gasteiger partial charge in [0.15, 0.2) is 0 Å². The lowest BCUT2D eigenvalue weighted by Gasteiger charge is -2.36. The van der Waals surface area contributed by atoms with Gasteiger partial charge in [0.2, 0.25) is 0 Å². The summed E-state index contributed by atoms with van der Waals surface area (Å²) in [6.07, 6.45) is 1.43. The van der Waals surface area contributed by atoms with Gasteiger partial charge in [-0.15, -0.1) is 10.2 Å². The number of rotatable bonds is 18. The van der Waals surface area contributed by atoms with Crippen LogP contribution in [0.3, 0.4) is 0 Å². The molecule has 0 spiro atoms. The van der Waals surface area contributed by atoms with Crippen molar-refractivity contribution in [3.05, 3.63) is 143 Å². The van der Waals surface area contributed by atoms with Crippen LogP contribution in [0, 0.1) is 0 Å². The van der Waals surface area contributed by atoms with Crippen LogP contribution in [0.4, 0.5) is 11.4 Å². The number of hydrogen-bond acceptors (Lipinski definition) is 10. The molecule has 0 unspecified atom stereocenters. The quantitative estimate of drug-likeness (QED) is 0.0393. The van der Waals surface area contributed by atoms with Gasteiger partial charge in [0.05, 0.1) is 33.5 Å². The van der Waals surface area contributed by atoms with Crippen molar-refractivity contribution in [1.29, 1.82) is 0 Å². The van der Waals surface area contributed by atoms with Crippen molar-refractivity contribution in [1.82, 2.24) is 0 Å². The van der Waals surface area contributed by atoms with Crippen LogP contribution in [0.1, 0.15) is 51.9 Å². The number of phenolic OH excluding ortho intramolecular Hbond substituents is 1. The number of esters is 1. The highest BCUT2D eigenvalue weighted by Crippen LogP contribution is 2.42. The lowest BCUT2D eigenvalue weighted by atomic mass is 9.80. The number of carboxylic acid groups (broad SMARTS) is 1. The lowest BCUT2D eigenvalue weighted by Crippen LogP contribution is -2.33. The fraction of sp³-hybridized carbons (Fsp3) is 0.238. The van der Waals surface area contributed by atoms with Crippen molar-refractivity contribution in [2.45, 2.75) is 31.3 Å². The number of carboxylic acids is 1. The van der Waals surface area contributed by atoms with Crippen molar-refractivity contribution in [2.24, 2.45) is 10.2 Å². The van der Waals surface area contributed by atoms with Crippen LogP contribution in [0.5, 0.6) is 23.0 Å². The predicted octanol–water partition coefficient (Wildman–Crippen LogP) is 8.80. The second kappa shape index (κ2) is 18.3. The minimum absolute atomic E-state index is 0.0465. The maximum Gasteiger partial charge on any atom is 0.340 e. The lowest BCUT2D eigenvalue weighted by molar-refractivity contribution is -0.137. The van der Waals surface area contributed by atoms with Crippen molar-refractivity contribution < 1.29 is 43.5 Å². The van der Waals surface area contributed by atoms with Gasteiger partial charge in [-0.1, -0.05) is 60.7 Å². The molecule has 274 valence electrons. The summed E-state index contributed by atoms with van der Waals surface area (Å²) in [5.74, 6) is 0.147. The Morgan fingerprint density at radius 2 is 1.28 bits per heavy atom. The zero-order valence-corrected chi connectivity index (χ0v) is 29.9. The van der Waals surface area contributed by atoms with Crippen LogP contribution in [0.15, 0.2) is 125 Å². The van der Waals surface area contributed by atoms with Crippen LogP contribution in [0.25, 0.3) is 0 Å². The molecule has 0 aromatic heterocycles. The average molecular weight is 719 g/mol. The molecule has 0 amide bonds. The maximum absolute atomic E-state index is 12.9. The first-order valence-corrected chi connectivity index (χ1v) is 17.1. The SMILES string of the molecule is COC(=O)c1cc(CCCOC(c2ccccc2)(c2ccc(OC)cc2)c2ccc(OC)cc2)ccc1N=Nc1ccc(O)cc1OCCCC(=O)O. The number of methoxy groups -OCH3 is 3. The van der Waals surface area contributed by atoms with E-state index in [2.05, 4.69) is 22.4 Å². The normalized spacial score (nSPS) is 11.3. The number of aryl methyl sites for hydroxylation is 1. The standard InChI is InChI=1S/C42H42N2O9/c1-49-34-19-14-31(15-20-34)42(30-10-5-4-6-11-30,32-16-21-35(50-2)22-17-32)53-26-7-9-29-13-23-37(36(27-29)41(48)51-3)43-44-38-24-18-33(45)28-39(38)52-25-8-12-40(46)47/h4-6,10-11,13-24,27-28,45H,7-9,12,25-26H2,1-3H3,(H,46,47). The number of benzene rings is 5. The monoisotopic (exact) mass is 718 g/mol. The van der Waals surface area contributed by atoms with Gasteiger partial charge >= 0.3 is 11.9 Å². The van der Waals surface area contributed by atoms with Gasteiger partial charge in [0.1, 0.15) is 40.0 Å². The van der Waals surface area contributed by atoms with Crippen molar-refractivity contribution in [3.63, 3.8) is 0 Å². The van der Waals surface area contributed by atoms with E-state index in [1.807, 2.05) is 72.8 Å². The molecule has 0 radical (unpaired) electrons. The third-order valence-corrected chi connectivity index (χ3v) is 8.57. The molecule has 2 N–H and O–H groups in total. The molecule has 0 heterocycles. The van der Waals surface area contributed by atoms with Crippen LogP contribution in [0.2, 0.25) is 0 Å². The van der Waals surface area contributed by atoms with E-state index in [0.717, 1.165) is 33.8 Å². The van der Waals surface area contributed by atoms with E-state index in [9.17, 15) is 14.7 Å². The number of azo groups is 1. The number of carbonyl (C=O) groups excluding carboxylic acids is 1. The zero-order chi connectivity index (χ0) is 37.6. The Hall–Kier alpha value is -6.20. The first-order valence-electron chi connectivity index (χ1n) is 17.1. The summed E-state index contributed by atoms with van der Waals surface area (Å²) in [7, 11) is 4.57. The van der Waals surface area contributed by atoms with Crippen LogP contribution in [-0.4, -0.2) is 56.7 Å². The Bertz CT molecular complexity index is 1950. The molecular formula is C42H42N2O9. The Balaban J connectivity index is 1.38. The minimum Gasteiger partial charge on any atom is -0.508 e. The molecule has 5 aromatic carbocycles. The third kappa shape index (κ3) is 9.57. The molecule has 0 saturated heterocycles. The Labute approximate surface area is 308 Å². The number of carbonyl (C=O) groups is 2. The fourth-order valence-corrected chi connectivity index (χ4v) is 5.89. The Kier molecular flexibility index (Phi) is 13.2. The van der Waals surface area contributed by atoms with Crippen LogP contribution in [-0.2, 0) is 26.3 Å². The molecule has 0 bridgehead atoms. The summed E-state index contributed by atoms with van der Waals surface area (Å²) < 4.78 is 28.6. The molecule has 11 heteroatoms. The van der Waals surface area contributed by atoms with Crippen molar-refractivity contribution in [3.8, 4) is 23.0 Å². The summed E-state index contributed by atoms with van der Waals surface area (Å²) in [5.41, 5.74) is 3.55. The zero-order valence-electron chi connectivity index (χ0n) is 29.9. The molecule has 0 saturated carbocycles. The Morgan fingerprint density at radius 1 is 0.679 bits per heavy atom. The molecule has 0 atom stereocenters. The molecular weight excluding hydrogens is 676 g/mol. The predicted molar refractivity (Wildman–Crippen MR) is 199 cm³/mol. The molecule has 5 aromatic rings. The van der Waals surface area contributed by atoms with Gasteiger partial charge in [0.25, 0.3) is 0 Å². The van der Waals surface area contributed by atoms with E-state index in [1.54, 1.807) is 26.4 Å². The van der Waals surface area contributed by atoms with Gasteiger partial charge in [-0.2, -0.15) is 0 Å². The van der Waals surface area contributed by atoms with Crippen molar-refractivity contribution in [2.75, 3.05) is 34.5 Å². The number of hydrogen-bond donors (Lipinski definition) is 2. The number of aliphatic carboxylic acids is 1. The minimum atomic E-state index is -0.950. The van der Waals surface area contributed by atoms with Crippen LogP contribution < -0.4 is 14.2 Å². The first kappa shape index (κ1) is 38.0. The van der Waals surface area contributed by atoms with Crippen LogP contribution >= 0.6 is 0 Å². The highest BCUT2D eigenvalue weighted by Gasteiger charge is 2.37. The Morgan fingerprint density at radius 3 is 1.89 bits per heavy atom. The highest BCUT2D eigenvalue weighted by atomic mass is 16.5. The molecule has 0 aliphatic rings. The van der Waals surface area contributed by atoms with Gasteiger partial charge in [-0.05, 0) is 90.0 Å². The van der Waals surface area contributed by atoms with Gasteiger partial charge < -0.3 is 33.9 Å². The van der Waals surface area contributed by atoms with Gasteiger partial charge in [0, 0.05) is 19.1 Å². The molecule has 0 aliphatic carbocycles. The first-order chi connectivity index (χ1) is 25.8. The summed E-state index contributed by atoms with van der Waals surface area (Å²) in [4.78, 5) is 23.7. The highest BCUT2D eigenvalue weighted by molar-refractivity contribution is 5.95. The third-order valence-electron chi connectivity index (χ3n) is 8.57. The summed E-state index contributed by atoms with van der Waals surface area (Å²) in [6, 6.07) is 35.4. The smallest absolute Gasteiger partial charge is 0.340 e. The number of phenols is 1. The second-order valence-electron chi connectivity index (χ2n) is 12.0. The summed E-state index contributed by atoms with van der Waals surface area (Å²) in [6.45, 7) is 0.481. The van der Waals surface area contributed by atoms with E-state index in [4.69, 9.17) is 28.8 Å². The van der Waals surface area contributed by atoms with Crippen molar-refractivity contribution >= 4 is 23.3 Å². The second-order valence-corrected chi connectivity index (χ2v) is 12.0. The number of nitrogens with zero attached hydrogens (tertiary/aromatic N) is 2. The fourth-order valence-electron chi connectivity index (χ4n) is 5.89. The topological polar surface area (TPSA) is 145 Å². The molecule has 11 nitrogen and oxygen atoms in total. The summed E-state index contributed by atoms with van der Waals surface area (Å²) in [5, 5.41) is 27.5. The van der Waals surface area contributed by atoms with E-state index in [-0.39, 0.29) is 42.2 Å². The largest absolute Gasteiger partial charge is 0.508 e. The number of ether oxygens (including phenoxy) is 5.